The van der Waals surface area contributed by atoms with Crippen molar-refractivity contribution >= 4 is 18.1 Å². The van der Waals surface area contributed by atoms with Crippen LogP contribution >= 0.6 is 0 Å². The maximum absolute atomic E-state index is 11.9. The number of esters is 1. The van der Waals surface area contributed by atoms with Crippen molar-refractivity contribution in [2.45, 2.75) is 6.92 Å². The van der Waals surface area contributed by atoms with Gasteiger partial charge in [-0.3, -0.25) is 14.8 Å². The lowest BCUT2D eigenvalue weighted by molar-refractivity contribution is 0.0734. The molecule has 2 heterocycles. The number of hydrazone groups is 1. The number of carbonyl (C=O) groups excluding carboxylic acids is 1. The number of aromatic amines is 1. The maximum Gasteiger partial charge on any atom is 0.345 e. The van der Waals surface area contributed by atoms with E-state index in [2.05, 4.69) is 25.5 Å². The quantitative estimate of drug-likeness (QED) is 0.316. The van der Waals surface area contributed by atoms with Gasteiger partial charge >= 0.3 is 5.97 Å². The number of carbonyl (C=O) groups is 1. The van der Waals surface area contributed by atoms with Gasteiger partial charge in [0.05, 0.1) is 11.8 Å². The van der Waals surface area contributed by atoms with E-state index >= 15 is 0 Å². The van der Waals surface area contributed by atoms with Gasteiger partial charge in [-0.25, -0.2) is 15.2 Å². The van der Waals surface area contributed by atoms with Gasteiger partial charge in [0.25, 0.3) is 5.56 Å². The summed E-state index contributed by atoms with van der Waals surface area (Å²) in [4.78, 5) is 33.8. The van der Waals surface area contributed by atoms with Gasteiger partial charge in [0.2, 0.25) is 5.95 Å². The molecule has 0 saturated heterocycles. The highest BCUT2D eigenvalue weighted by Gasteiger charge is 2.07. The number of hydrogen-bond donors (Lipinski definition) is 2. The van der Waals surface area contributed by atoms with Crippen LogP contribution in [-0.4, -0.2) is 27.1 Å². The molecule has 2 N–H and O–H groups in total. The van der Waals surface area contributed by atoms with Crippen LogP contribution in [0.4, 0.5) is 5.95 Å². The van der Waals surface area contributed by atoms with Crippen LogP contribution < -0.4 is 15.7 Å². The van der Waals surface area contributed by atoms with Crippen LogP contribution in [0.2, 0.25) is 0 Å². The second-order valence-corrected chi connectivity index (χ2v) is 5.31. The monoisotopic (exact) mass is 349 g/mol. The first kappa shape index (κ1) is 17.0. The lowest BCUT2D eigenvalue weighted by atomic mass is 10.2. The first-order valence-corrected chi connectivity index (χ1v) is 7.69. The minimum absolute atomic E-state index is 0.255. The Bertz CT molecular complexity index is 982. The maximum atomic E-state index is 11.9. The number of anilines is 1. The summed E-state index contributed by atoms with van der Waals surface area (Å²) < 4.78 is 5.27. The molecule has 0 unspecified atom stereocenters. The van der Waals surface area contributed by atoms with E-state index in [1.165, 1.54) is 12.3 Å². The predicted octanol–water partition coefficient (Wildman–Crippen LogP) is 2.14. The molecular formula is C18H15N5O3. The molecule has 8 nitrogen and oxygen atoms in total. The highest BCUT2D eigenvalue weighted by molar-refractivity contribution is 5.90. The summed E-state index contributed by atoms with van der Waals surface area (Å²) >= 11 is 0. The van der Waals surface area contributed by atoms with Gasteiger partial charge in [0.15, 0.2) is 0 Å². The molecular weight excluding hydrogens is 334 g/mol. The third-order valence-electron chi connectivity index (χ3n) is 3.24. The molecule has 0 aliphatic carbocycles. The van der Waals surface area contributed by atoms with Crippen molar-refractivity contribution in [1.82, 2.24) is 15.0 Å². The SMILES string of the molecule is Cc1cc(=O)[nH]c(N/N=C/c2ccc(OC(=O)c3cccnc3)cc2)n1. The van der Waals surface area contributed by atoms with E-state index in [0.29, 0.717) is 17.0 Å². The summed E-state index contributed by atoms with van der Waals surface area (Å²) in [7, 11) is 0. The molecule has 0 aliphatic rings. The van der Waals surface area contributed by atoms with Crippen molar-refractivity contribution in [3.8, 4) is 5.75 Å². The number of benzene rings is 1. The van der Waals surface area contributed by atoms with Crippen molar-refractivity contribution in [2.24, 2.45) is 5.10 Å². The van der Waals surface area contributed by atoms with Crippen molar-refractivity contribution in [2.75, 3.05) is 5.43 Å². The van der Waals surface area contributed by atoms with Crippen LogP contribution in [0.5, 0.6) is 5.75 Å². The molecule has 3 aromatic rings. The van der Waals surface area contributed by atoms with Gasteiger partial charge in [0, 0.05) is 24.2 Å². The van der Waals surface area contributed by atoms with Crippen molar-refractivity contribution < 1.29 is 9.53 Å². The fourth-order valence-corrected chi connectivity index (χ4v) is 2.07. The van der Waals surface area contributed by atoms with E-state index in [0.717, 1.165) is 5.56 Å². The second-order valence-electron chi connectivity index (χ2n) is 5.31. The van der Waals surface area contributed by atoms with Crippen molar-refractivity contribution in [1.29, 1.82) is 0 Å². The van der Waals surface area contributed by atoms with Crippen LogP contribution in [-0.2, 0) is 0 Å². The molecule has 0 saturated carbocycles. The molecule has 0 aliphatic heterocycles. The van der Waals surface area contributed by atoms with E-state index in [1.807, 2.05) is 0 Å². The van der Waals surface area contributed by atoms with Gasteiger partial charge < -0.3 is 4.74 Å². The average Bonchev–Trinajstić information content (AvgIpc) is 2.63. The lowest BCUT2D eigenvalue weighted by Crippen LogP contribution is -2.10. The number of aromatic nitrogens is 3. The molecule has 26 heavy (non-hydrogen) atoms. The molecule has 0 bridgehead atoms. The summed E-state index contributed by atoms with van der Waals surface area (Å²) in [5, 5.41) is 4.01. The van der Waals surface area contributed by atoms with E-state index in [4.69, 9.17) is 4.74 Å². The van der Waals surface area contributed by atoms with Gasteiger partial charge in [-0.15, -0.1) is 0 Å². The minimum Gasteiger partial charge on any atom is -0.423 e. The normalized spacial score (nSPS) is 10.7. The van der Waals surface area contributed by atoms with Crippen LogP contribution in [0.15, 0.2) is 64.8 Å². The smallest absolute Gasteiger partial charge is 0.345 e. The molecule has 0 atom stereocenters. The van der Waals surface area contributed by atoms with E-state index in [-0.39, 0.29) is 11.5 Å². The van der Waals surface area contributed by atoms with Crippen LogP contribution in [0.3, 0.4) is 0 Å². The summed E-state index contributed by atoms with van der Waals surface area (Å²) in [5.74, 6) is 0.192. The minimum atomic E-state index is -0.476. The Morgan fingerprint density at radius 2 is 2.08 bits per heavy atom. The van der Waals surface area contributed by atoms with Crippen LogP contribution in [0, 0.1) is 6.92 Å². The van der Waals surface area contributed by atoms with Crippen molar-refractivity contribution in [3.63, 3.8) is 0 Å². The molecule has 130 valence electrons. The van der Waals surface area contributed by atoms with Crippen LogP contribution in [0.25, 0.3) is 0 Å². The van der Waals surface area contributed by atoms with E-state index in [1.54, 1.807) is 55.7 Å². The zero-order valence-corrected chi connectivity index (χ0v) is 13.8. The molecule has 1 aromatic carbocycles. The molecule has 2 aromatic heterocycles. The second kappa shape index (κ2) is 7.84. The number of pyridine rings is 1. The van der Waals surface area contributed by atoms with E-state index in [9.17, 15) is 9.59 Å². The number of nitrogens with zero attached hydrogens (tertiary/aromatic N) is 3. The first-order chi connectivity index (χ1) is 12.6. The molecule has 8 heteroatoms. The van der Waals surface area contributed by atoms with E-state index < -0.39 is 5.97 Å². The Morgan fingerprint density at radius 1 is 1.27 bits per heavy atom. The summed E-state index contributed by atoms with van der Waals surface area (Å²) in [6, 6.07) is 11.5. The summed E-state index contributed by atoms with van der Waals surface area (Å²) in [5.41, 5.74) is 4.14. The Balaban J connectivity index is 1.60. The van der Waals surface area contributed by atoms with Gasteiger partial charge in [0.1, 0.15) is 5.75 Å². The topological polar surface area (TPSA) is 109 Å². The highest BCUT2D eigenvalue weighted by Crippen LogP contribution is 2.13. The molecule has 3 rings (SSSR count). The summed E-state index contributed by atoms with van der Waals surface area (Å²) in [6.45, 7) is 1.72. The zero-order valence-electron chi connectivity index (χ0n) is 13.8. The molecule has 0 spiro atoms. The molecule has 0 radical (unpaired) electrons. The fraction of sp³-hybridized carbons (Fsp3) is 0.0556. The number of nitrogens with one attached hydrogen (secondary N) is 2. The van der Waals surface area contributed by atoms with Gasteiger partial charge in [-0.05, 0) is 48.9 Å². The Hall–Kier alpha value is -3.81. The zero-order chi connectivity index (χ0) is 18.4. The fourth-order valence-electron chi connectivity index (χ4n) is 2.07. The number of ether oxygens (including phenoxy) is 1. The van der Waals surface area contributed by atoms with Crippen LogP contribution in [0.1, 0.15) is 21.6 Å². The highest BCUT2D eigenvalue weighted by atomic mass is 16.5. The predicted molar refractivity (Wildman–Crippen MR) is 96.4 cm³/mol. The molecule has 0 amide bonds. The number of aryl methyl sites for hydroxylation is 1. The Kier molecular flexibility index (Phi) is 5.14. The average molecular weight is 349 g/mol. The number of hydrogen-bond acceptors (Lipinski definition) is 7. The number of H-pyrrole nitrogens is 1. The Morgan fingerprint density at radius 3 is 2.77 bits per heavy atom. The van der Waals surface area contributed by atoms with Gasteiger partial charge in [-0.2, -0.15) is 5.10 Å². The third-order valence-corrected chi connectivity index (χ3v) is 3.24. The number of rotatable bonds is 5. The lowest BCUT2D eigenvalue weighted by Gasteiger charge is -2.04. The van der Waals surface area contributed by atoms with Crippen molar-refractivity contribution in [3.05, 3.63) is 82.0 Å². The standard InChI is InChI=1S/C18H15N5O3/c1-12-9-16(24)22-18(21-12)23-20-10-13-4-6-15(7-5-13)26-17(25)14-3-2-8-19-11-14/h2-11H,1H3,(H2,21,22,23,24)/b20-10+. The summed E-state index contributed by atoms with van der Waals surface area (Å²) in [6.07, 6.45) is 4.58. The molecule has 0 fully saturated rings. The first-order valence-electron chi connectivity index (χ1n) is 7.69. The third kappa shape index (κ3) is 4.60. The largest absolute Gasteiger partial charge is 0.423 e. The Labute approximate surface area is 148 Å². The van der Waals surface area contributed by atoms with Gasteiger partial charge in [-0.1, -0.05) is 0 Å².